The average molecular weight is 401 g/mol. The van der Waals surface area contributed by atoms with Gasteiger partial charge in [0.25, 0.3) is 5.91 Å². The van der Waals surface area contributed by atoms with E-state index in [1.165, 1.54) is 26.2 Å². The van der Waals surface area contributed by atoms with Gasteiger partial charge in [-0.25, -0.2) is 9.18 Å². The van der Waals surface area contributed by atoms with Crippen molar-refractivity contribution in [3.8, 4) is 11.5 Å². The molecule has 0 saturated carbocycles. The molecule has 0 aliphatic heterocycles. The van der Waals surface area contributed by atoms with Crippen LogP contribution in [0, 0.1) is 5.82 Å². The maximum atomic E-state index is 12.9. The third kappa shape index (κ3) is 6.95. The van der Waals surface area contributed by atoms with E-state index in [0.717, 1.165) is 11.1 Å². The van der Waals surface area contributed by atoms with Crippen LogP contribution < -0.4 is 14.8 Å². The van der Waals surface area contributed by atoms with E-state index < -0.39 is 18.0 Å². The summed E-state index contributed by atoms with van der Waals surface area (Å²) < 4.78 is 28.7. The van der Waals surface area contributed by atoms with E-state index in [0.29, 0.717) is 11.5 Å². The van der Waals surface area contributed by atoms with Gasteiger partial charge < -0.3 is 19.5 Å². The van der Waals surface area contributed by atoms with E-state index in [1.807, 2.05) is 25.1 Å². The maximum absolute atomic E-state index is 12.9. The average Bonchev–Trinajstić information content (AvgIpc) is 2.72. The number of nitrogens with one attached hydrogen (secondary N) is 1. The van der Waals surface area contributed by atoms with E-state index >= 15 is 0 Å². The first-order valence-electron chi connectivity index (χ1n) is 9.08. The first kappa shape index (κ1) is 21.9. The Bertz CT molecular complexity index is 864. The number of carbonyl (C=O) groups excluding carboxylic acids is 2. The highest BCUT2D eigenvalue weighted by Crippen LogP contribution is 2.28. The number of benzene rings is 2. The molecule has 1 atom stereocenters. The van der Waals surface area contributed by atoms with Crippen LogP contribution in [0.4, 0.5) is 4.39 Å². The van der Waals surface area contributed by atoms with Crippen LogP contribution in [-0.2, 0) is 20.9 Å². The largest absolute Gasteiger partial charge is 0.493 e. The summed E-state index contributed by atoms with van der Waals surface area (Å²) in [6, 6.07) is 11.1. The van der Waals surface area contributed by atoms with Crippen LogP contribution in [0.1, 0.15) is 25.0 Å². The normalized spacial score (nSPS) is 11.7. The fourth-order valence-electron chi connectivity index (χ4n) is 2.46. The molecule has 0 spiro atoms. The maximum Gasteiger partial charge on any atom is 0.344 e. The highest BCUT2D eigenvalue weighted by Gasteiger charge is 2.18. The highest BCUT2D eigenvalue weighted by molar-refractivity contribution is 5.83. The second-order valence-corrected chi connectivity index (χ2v) is 6.18. The number of carbonyl (C=O) groups is 2. The molecule has 154 valence electrons. The predicted octanol–water partition coefficient (Wildman–Crippen LogP) is 3.49. The van der Waals surface area contributed by atoms with Gasteiger partial charge in [-0.2, -0.15) is 0 Å². The van der Waals surface area contributed by atoms with Gasteiger partial charge in [-0.05, 0) is 49.2 Å². The van der Waals surface area contributed by atoms with Crippen molar-refractivity contribution >= 4 is 18.0 Å². The lowest BCUT2D eigenvalue weighted by Gasteiger charge is -2.15. The quantitative estimate of drug-likeness (QED) is 0.651. The molecule has 29 heavy (non-hydrogen) atoms. The van der Waals surface area contributed by atoms with Gasteiger partial charge in [-0.15, -0.1) is 0 Å². The number of amides is 1. The Morgan fingerprint density at radius 2 is 1.86 bits per heavy atom. The van der Waals surface area contributed by atoms with Gasteiger partial charge in [-0.1, -0.05) is 30.4 Å². The van der Waals surface area contributed by atoms with Crippen LogP contribution in [0.15, 0.2) is 48.5 Å². The van der Waals surface area contributed by atoms with Gasteiger partial charge in [0, 0.05) is 6.54 Å². The van der Waals surface area contributed by atoms with Crippen LogP contribution >= 0.6 is 0 Å². The molecule has 2 aromatic rings. The Labute approximate surface area is 169 Å². The molecule has 0 saturated heterocycles. The lowest BCUT2D eigenvalue weighted by atomic mass is 10.2. The zero-order chi connectivity index (χ0) is 21.2. The van der Waals surface area contributed by atoms with Gasteiger partial charge in [0.15, 0.2) is 24.2 Å². The van der Waals surface area contributed by atoms with Crippen LogP contribution in [0.2, 0.25) is 0 Å². The van der Waals surface area contributed by atoms with Crippen molar-refractivity contribution in [2.75, 3.05) is 13.7 Å². The van der Waals surface area contributed by atoms with Gasteiger partial charge in [0.1, 0.15) is 5.82 Å². The lowest BCUT2D eigenvalue weighted by molar-refractivity contribution is -0.156. The summed E-state index contributed by atoms with van der Waals surface area (Å²) in [4.78, 5) is 24.1. The summed E-state index contributed by atoms with van der Waals surface area (Å²) in [7, 11) is 1.51. The van der Waals surface area contributed by atoms with Crippen LogP contribution in [0.25, 0.3) is 6.08 Å². The molecule has 0 fully saturated rings. The first-order valence-corrected chi connectivity index (χ1v) is 9.08. The minimum Gasteiger partial charge on any atom is -0.493 e. The van der Waals surface area contributed by atoms with E-state index in [1.54, 1.807) is 24.3 Å². The fraction of sp³-hybridized carbons (Fsp3) is 0.273. The molecule has 7 heteroatoms. The zero-order valence-electron chi connectivity index (χ0n) is 16.6. The molecule has 0 unspecified atom stereocenters. The number of hydrogen-bond acceptors (Lipinski definition) is 5. The molecule has 0 bridgehead atoms. The number of rotatable bonds is 9. The monoisotopic (exact) mass is 401 g/mol. The molecule has 0 aromatic heterocycles. The minimum absolute atomic E-state index is 0.202. The Morgan fingerprint density at radius 1 is 1.14 bits per heavy atom. The summed E-state index contributed by atoms with van der Waals surface area (Å²) >= 11 is 0. The summed E-state index contributed by atoms with van der Waals surface area (Å²) in [5.74, 6) is -0.620. The van der Waals surface area contributed by atoms with Crippen LogP contribution in [-0.4, -0.2) is 31.7 Å². The second-order valence-electron chi connectivity index (χ2n) is 6.18. The topological polar surface area (TPSA) is 73.9 Å². The molecule has 0 heterocycles. The summed E-state index contributed by atoms with van der Waals surface area (Å²) in [5.41, 5.74) is 1.67. The van der Waals surface area contributed by atoms with Crippen molar-refractivity contribution < 1.29 is 28.2 Å². The van der Waals surface area contributed by atoms with Crippen molar-refractivity contribution in [2.45, 2.75) is 26.5 Å². The lowest BCUT2D eigenvalue weighted by Crippen LogP contribution is -2.36. The van der Waals surface area contributed by atoms with Crippen molar-refractivity contribution in [2.24, 2.45) is 0 Å². The summed E-state index contributed by atoms with van der Waals surface area (Å²) in [6.07, 6.45) is 2.81. The van der Waals surface area contributed by atoms with Gasteiger partial charge >= 0.3 is 5.97 Å². The van der Waals surface area contributed by atoms with Crippen molar-refractivity contribution in [1.82, 2.24) is 5.32 Å². The molecule has 1 N–H and O–H groups in total. The van der Waals surface area contributed by atoms with E-state index in [-0.39, 0.29) is 19.0 Å². The van der Waals surface area contributed by atoms with Crippen molar-refractivity contribution in [3.63, 3.8) is 0 Å². The zero-order valence-corrected chi connectivity index (χ0v) is 16.6. The fourth-order valence-corrected chi connectivity index (χ4v) is 2.46. The second kappa shape index (κ2) is 10.8. The third-order valence-corrected chi connectivity index (χ3v) is 3.95. The molecule has 6 nitrogen and oxygen atoms in total. The minimum atomic E-state index is -0.995. The van der Waals surface area contributed by atoms with Crippen molar-refractivity contribution in [3.05, 3.63) is 65.5 Å². The smallest absolute Gasteiger partial charge is 0.344 e. The van der Waals surface area contributed by atoms with Crippen molar-refractivity contribution in [1.29, 1.82) is 0 Å². The predicted molar refractivity (Wildman–Crippen MR) is 107 cm³/mol. The molecule has 2 rings (SSSR count). The molecule has 1 amide bonds. The van der Waals surface area contributed by atoms with E-state index in [4.69, 9.17) is 14.2 Å². The third-order valence-electron chi connectivity index (χ3n) is 3.95. The molecular weight excluding hydrogens is 377 g/mol. The summed E-state index contributed by atoms with van der Waals surface area (Å²) in [6.45, 7) is 3.20. The molecule has 2 aromatic carbocycles. The van der Waals surface area contributed by atoms with Gasteiger partial charge in [-0.3, -0.25) is 4.79 Å². The van der Waals surface area contributed by atoms with Gasteiger partial charge in [0.2, 0.25) is 0 Å². The summed E-state index contributed by atoms with van der Waals surface area (Å²) in [5, 5.41) is 2.63. The Balaban J connectivity index is 1.82. The molecule has 0 radical (unpaired) electrons. The highest BCUT2D eigenvalue weighted by atomic mass is 19.1. The van der Waals surface area contributed by atoms with Gasteiger partial charge in [0.05, 0.1) is 7.11 Å². The number of halogens is 1. The standard InChI is InChI=1S/C22H24FNO5/c1-4-5-16-8-11-19(20(12-16)27-3)28-14-21(25)29-15(2)22(26)24-13-17-6-9-18(23)10-7-17/h4-12,15H,13-14H2,1-3H3,(H,24,26)/b5-4+/t15-/m1/s1. The number of esters is 1. The molecular formula is C22H24FNO5. The first-order chi connectivity index (χ1) is 13.9. The SMILES string of the molecule is C/C=C/c1ccc(OCC(=O)O[C@H](C)C(=O)NCc2ccc(F)cc2)c(OC)c1. The number of ether oxygens (including phenoxy) is 3. The van der Waals surface area contributed by atoms with Crippen LogP contribution in [0.3, 0.4) is 0 Å². The molecule has 0 aliphatic rings. The number of allylic oxidation sites excluding steroid dienone is 1. The Hall–Kier alpha value is -3.35. The van der Waals surface area contributed by atoms with Crippen LogP contribution in [0.5, 0.6) is 11.5 Å². The number of hydrogen-bond donors (Lipinski definition) is 1. The Kier molecular flexibility index (Phi) is 8.21. The molecule has 0 aliphatic carbocycles. The Morgan fingerprint density at radius 3 is 2.52 bits per heavy atom. The van der Waals surface area contributed by atoms with E-state index in [9.17, 15) is 14.0 Å². The number of methoxy groups -OCH3 is 1. The van der Waals surface area contributed by atoms with E-state index in [2.05, 4.69) is 5.32 Å².